The Morgan fingerprint density at radius 3 is 1.07 bits per heavy atom. The Hall–Kier alpha value is -5.60. The molecule has 0 N–H and O–H groups in total. The molecule has 0 radical (unpaired) electrons. The van der Waals surface area contributed by atoms with E-state index in [2.05, 4.69) is 181 Å². The molecular weight excluding hydrogens is 532 g/mol. The molecule has 0 atom stereocenters. The zero-order valence-electron chi connectivity index (χ0n) is 24.9. The molecule has 214 valence electrons. The Bertz CT molecular complexity index is 1680. The summed E-state index contributed by atoms with van der Waals surface area (Å²) in [5.41, 5.74) is 11.6. The highest BCUT2D eigenvalue weighted by atomic mass is 15.1. The summed E-state index contributed by atoms with van der Waals surface area (Å²) in [5, 5.41) is 0. The van der Waals surface area contributed by atoms with Crippen LogP contribution < -0.4 is 9.80 Å². The monoisotopic (exact) mass is 568 g/mol. The fraction of sp³-hybridized carbons (Fsp3) is 0.0476. The van der Waals surface area contributed by atoms with Crippen LogP contribution in [0, 0.1) is 0 Å². The second-order valence-corrected chi connectivity index (χ2v) is 10.8. The van der Waals surface area contributed by atoms with Gasteiger partial charge in [0.2, 0.25) is 0 Å². The molecule has 0 unspecified atom stereocenters. The zero-order chi connectivity index (χ0) is 30.1. The van der Waals surface area contributed by atoms with Gasteiger partial charge in [0.15, 0.2) is 0 Å². The lowest BCUT2D eigenvalue weighted by Gasteiger charge is -2.26. The molecule has 0 aliphatic rings. The van der Waals surface area contributed by atoms with Gasteiger partial charge in [-0.1, -0.05) is 97.1 Å². The standard InChI is InChI=1S/C42H36N2/c1-3-13-33-15-11-21-41(31-33)43(37-17-7-5-8-18-37)39-27-23-35(24-28-39)36-25-29-40(30-26-36)44(38-19-9-6-10-20-38)42-22-12-16-34(32-42)14-4-2/h3-12,15-32H,1-2,13-14H2. The molecule has 0 heterocycles. The number of anilines is 6. The third-order valence-corrected chi connectivity index (χ3v) is 7.71. The lowest BCUT2D eigenvalue weighted by atomic mass is 10.0. The summed E-state index contributed by atoms with van der Waals surface area (Å²) in [5.74, 6) is 0. The smallest absolute Gasteiger partial charge is 0.0464 e. The number of hydrogen-bond acceptors (Lipinski definition) is 2. The van der Waals surface area contributed by atoms with Crippen LogP contribution in [-0.2, 0) is 12.8 Å². The van der Waals surface area contributed by atoms with Crippen molar-refractivity contribution >= 4 is 34.1 Å². The number of benzene rings is 6. The van der Waals surface area contributed by atoms with Gasteiger partial charge < -0.3 is 9.80 Å². The van der Waals surface area contributed by atoms with E-state index in [0.717, 1.165) is 47.0 Å². The maximum Gasteiger partial charge on any atom is 0.0464 e. The molecule has 0 amide bonds. The Kier molecular flexibility index (Phi) is 8.80. The van der Waals surface area contributed by atoms with Crippen LogP contribution in [0.25, 0.3) is 11.1 Å². The first-order valence-corrected chi connectivity index (χ1v) is 15.0. The highest BCUT2D eigenvalue weighted by Gasteiger charge is 2.15. The fourth-order valence-electron chi connectivity index (χ4n) is 5.63. The second-order valence-electron chi connectivity index (χ2n) is 10.8. The van der Waals surface area contributed by atoms with Crippen molar-refractivity contribution in [3.8, 4) is 11.1 Å². The lowest BCUT2D eigenvalue weighted by molar-refractivity contribution is 1.23. The maximum atomic E-state index is 3.92. The van der Waals surface area contributed by atoms with E-state index >= 15 is 0 Å². The van der Waals surface area contributed by atoms with E-state index in [4.69, 9.17) is 0 Å². The van der Waals surface area contributed by atoms with Gasteiger partial charge >= 0.3 is 0 Å². The predicted molar refractivity (Wildman–Crippen MR) is 189 cm³/mol. The van der Waals surface area contributed by atoms with E-state index in [0.29, 0.717) is 0 Å². The Labute approximate surface area is 261 Å². The second kappa shape index (κ2) is 13.6. The van der Waals surface area contributed by atoms with Crippen molar-refractivity contribution in [2.45, 2.75) is 12.8 Å². The van der Waals surface area contributed by atoms with Crippen LogP contribution in [-0.4, -0.2) is 0 Å². The normalized spacial score (nSPS) is 10.6. The first-order chi connectivity index (χ1) is 21.7. The van der Waals surface area contributed by atoms with E-state index in [1.807, 2.05) is 12.2 Å². The minimum atomic E-state index is 0.841. The highest BCUT2D eigenvalue weighted by molar-refractivity contribution is 5.81. The SMILES string of the molecule is C=CCc1cccc(N(c2ccccc2)c2ccc(-c3ccc(N(c4ccccc4)c4cccc(CC=C)c4)cc3)cc2)c1. The van der Waals surface area contributed by atoms with Crippen LogP contribution in [0.1, 0.15) is 11.1 Å². The first-order valence-electron chi connectivity index (χ1n) is 15.0. The molecule has 0 aliphatic heterocycles. The van der Waals surface area contributed by atoms with Crippen LogP contribution in [0.5, 0.6) is 0 Å². The molecule has 2 heteroatoms. The minimum absolute atomic E-state index is 0.841. The maximum absolute atomic E-state index is 3.92. The van der Waals surface area contributed by atoms with Crippen LogP contribution in [0.4, 0.5) is 34.1 Å². The van der Waals surface area contributed by atoms with Crippen molar-refractivity contribution in [1.82, 2.24) is 0 Å². The minimum Gasteiger partial charge on any atom is -0.310 e. The number of para-hydroxylation sites is 2. The third-order valence-electron chi connectivity index (χ3n) is 7.71. The molecule has 0 bridgehead atoms. The van der Waals surface area contributed by atoms with Crippen LogP contribution >= 0.6 is 0 Å². The van der Waals surface area contributed by atoms with Crippen LogP contribution in [0.3, 0.4) is 0 Å². The van der Waals surface area contributed by atoms with Gasteiger partial charge in [-0.25, -0.2) is 0 Å². The number of hydrogen-bond donors (Lipinski definition) is 0. The van der Waals surface area contributed by atoms with Gasteiger partial charge in [-0.05, 0) is 108 Å². The van der Waals surface area contributed by atoms with Gasteiger partial charge in [-0.2, -0.15) is 0 Å². The van der Waals surface area contributed by atoms with Gasteiger partial charge in [0.1, 0.15) is 0 Å². The van der Waals surface area contributed by atoms with Crippen LogP contribution in [0.2, 0.25) is 0 Å². The van der Waals surface area contributed by atoms with Gasteiger partial charge in [-0.3, -0.25) is 0 Å². The van der Waals surface area contributed by atoms with E-state index in [1.165, 1.54) is 22.3 Å². The zero-order valence-corrected chi connectivity index (χ0v) is 24.9. The van der Waals surface area contributed by atoms with Gasteiger partial charge in [-0.15, -0.1) is 13.2 Å². The molecule has 44 heavy (non-hydrogen) atoms. The molecule has 0 aromatic heterocycles. The van der Waals surface area contributed by atoms with Crippen LogP contribution in [0.15, 0.2) is 183 Å². The van der Waals surface area contributed by atoms with E-state index in [9.17, 15) is 0 Å². The quantitative estimate of drug-likeness (QED) is 0.143. The predicted octanol–water partition coefficient (Wildman–Crippen LogP) is 11.8. The first kappa shape index (κ1) is 28.5. The van der Waals surface area contributed by atoms with Gasteiger partial charge in [0.25, 0.3) is 0 Å². The highest BCUT2D eigenvalue weighted by Crippen LogP contribution is 2.38. The molecule has 0 saturated carbocycles. The number of rotatable bonds is 11. The molecule has 0 fully saturated rings. The topological polar surface area (TPSA) is 6.48 Å². The van der Waals surface area contributed by atoms with E-state index in [-0.39, 0.29) is 0 Å². The Morgan fingerprint density at radius 2 is 0.705 bits per heavy atom. The summed E-state index contributed by atoms with van der Waals surface area (Å²) >= 11 is 0. The molecule has 6 aromatic carbocycles. The summed E-state index contributed by atoms with van der Waals surface area (Å²) in [4.78, 5) is 4.61. The third kappa shape index (κ3) is 6.40. The Balaban J connectivity index is 1.32. The lowest BCUT2D eigenvalue weighted by Crippen LogP contribution is -2.10. The Morgan fingerprint density at radius 1 is 0.364 bits per heavy atom. The number of allylic oxidation sites excluding steroid dienone is 2. The molecule has 0 aliphatic carbocycles. The summed E-state index contributed by atoms with van der Waals surface area (Å²) in [6.07, 6.45) is 5.58. The van der Waals surface area contributed by atoms with E-state index < -0.39 is 0 Å². The summed E-state index contributed by atoms with van der Waals surface area (Å²) < 4.78 is 0. The van der Waals surface area contributed by atoms with Crippen molar-refractivity contribution in [2.75, 3.05) is 9.80 Å². The molecule has 6 rings (SSSR count). The summed E-state index contributed by atoms with van der Waals surface area (Å²) in [6, 6.07) is 56.1. The van der Waals surface area contributed by atoms with E-state index in [1.54, 1.807) is 0 Å². The number of nitrogens with zero attached hydrogens (tertiary/aromatic N) is 2. The summed E-state index contributed by atoms with van der Waals surface area (Å²) in [6.45, 7) is 7.84. The fourth-order valence-corrected chi connectivity index (χ4v) is 5.63. The average molecular weight is 569 g/mol. The summed E-state index contributed by atoms with van der Waals surface area (Å²) in [7, 11) is 0. The molecule has 0 spiro atoms. The van der Waals surface area contributed by atoms with Crippen molar-refractivity contribution < 1.29 is 0 Å². The average Bonchev–Trinajstić information content (AvgIpc) is 3.08. The van der Waals surface area contributed by atoms with Crippen molar-refractivity contribution in [3.05, 3.63) is 194 Å². The molecule has 2 nitrogen and oxygen atoms in total. The van der Waals surface area contributed by atoms with Crippen molar-refractivity contribution in [1.29, 1.82) is 0 Å². The largest absolute Gasteiger partial charge is 0.310 e. The van der Waals surface area contributed by atoms with Crippen molar-refractivity contribution in [3.63, 3.8) is 0 Å². The molecule has 6 aromatic rings. The van der Waals surface area contributed by atoms with Crippen molar-refractivity contribution in [2.24, 2.45) is 0 Å². The molecular formula is C42H36N2. The van der Waals surface area contributed by atoms with Gasteiger partial charge in [0, 0.05) is 34.1 Å². The molecule has 0 saturated heterocycles. The van der Waals surface area contributed by atoms with Gasteiger partial charge in [0.05, 0.1) is 0 Å².